The molecule has 1 atom stereocenters. The molecule has 0 saturated heterocycles. The van der Waals surface area contributed by atoms with Crippen LogP contribution in [0.25, 0.3) is 0 Å². The van der Waals surface area contributed by atoms with Gasteiger partial charge in [0, 0.05) is 0 Å². The van der Waals surface area contributed by atoms with E-state index in [1.165, 1.54) is 6.92 Å². The number of hydrogen-bond donors (Lipinski definition) is 1. The van der Waals surface area contributed by atoms with Gasteiger partial charge in [-0.1, -0.05) is 18.2 Å². The first-order chi connectivity index (χ1) is 8.49. The van der Waals surface area contributed by atoms with E-state index >= 15 is 0 Å². The van der Waals surface area contributed by atoms with Crippen molar-refractivity contribution in [1.82, 2.24) is 5.32 Å². The van der Waals surface area contributed by atoms with Gasteiger partial charge in [0.2, 0.25) is 0 Å². The lowest BCUT2D eigenvalue weighted by Crippen LogP contribution is -2.41. The summed E-state index contributed by atoms with van der Waals surface area (Å²) in [5.41, 5.74) is 0. The monoisotopic (exact) mass is 251 g/mol. The number of rotatable bonds is 4. The molecule has 1 amide bonds. The fourth-order valence-electron chi connectivity index (χ4n) is 1.20. The van der Waals surface area contributed by atoms with E-state index in [0.717, 1.165) is 0 Å². The third kappa shape index (κ3) is 4.86. The van der Waals surface area contributed by atoms with E-state index < -0.39 is 18.1 Å². The van der Waals surface area contributed by atoms with Crippen LogP contribution in [-0.4, -0.2) is 24.2 Å². The van der Waals surface area contributed by atoms with Crippen LogP contribution in [-0.2, 0) is 9.53 Å². The van der Waals surface area contributed by atoms with Gasteiger partial charge >= 0.3 is 12.1 Å². The molecular weight excluding hydrogens is 234 g/mol. The Morgan fingerprint density at radius 1 is 1.11 bits per heavy atom. The average molecular weight is 251 g/mol. The molecule has 1 aromatic carbocycles. The molecule has 0 aliphatic heterocycles. The summed E-state index contributed by atoms with van der Waals surface area (Å²) in [6.45, 7) is 5.02. The van der Waals surface area contributed by atoms with Crippen LogP contribution in [0.5, 0.6) is 5.75 Å². The van der Waals surface area contributed by atoms with E-state index in [2.05, 4.69) is 5.32 Å². The van der Waals surface area contributed by atoms with Gasteiger partial charge in [0.05, 0.1) is 6.10 Å². The predicted molar refractivity (Wildman–Crippen MR) is 66.3 cm³/mol. The van der Waals surface area contributed by atoms with Crippen molar-refractivity contribution in [3.8, 4) is 5.75 Å². The Hall–Kier alpha value is -2.04. The minimum absolute atomic E-state index is 0.216. The van der Waals surface area contributed by atoms with Gasteiger partial charge in [-0.3, -0.25) is 0 Å². The largest absolute Gasteiger partial charge is 0.461 e. The Bertz CT molecular complexity index is 403. The van der Waals surface area contributed by atoms with E-state index in [9.17, 15) is 9.59 Å². The number of carbonyl (C=O) groups is 2. The van der Waals surface area contributed by atoms with Crippen molar-refractivity contribution in [2.75, 3.05) is 0 Å². The highest BCUT2D eigenvalue weighted by molar-refractivity contribution is 5.81. The van der Waals surface area contributed by atoms with Crippen LogP contribution >= 0.6 is 0 Å². The number of para-hydroxylation sites is 1. The highest BCUT2D eigenvalue weighted by Gasteiger charge is 2.18. The van der Waals surface area contributed by atoms with Crippen LogP contribution in [0.15, 0.2) is 30.3 Å². The van der Waals surface area contributed by atoms with Gasteiger partial charge < -0.3 is 14.8 Å². The van der Waals surface area contributed by atoms with Gasteiger partial charge in [0.1, 0.15) is 11.8 Å². The Balaban J connectivity index is 2.43. The number of esters is 1. The van der Waals surface area contributed by atoms with Gasteiger partial charge in [-0.05, 0) is 32.9 Å². The lowest BCUT2D eigenvalue weighted by molar-refractivity contribution is -0.149. The molecule has 0 saturated carbocycles. The highest BCUT2D eigenvalue weighted by atomic mass is 16.6. The Kier molecular flexibility index (Phi) is 5.17. The fraction of sp³-hybridized carbons (Fsp3) is 0.385. The SMILES string of the molecule is CC(C)OC(=O)[C@H](C)NC(=O)Oc1ccccc1. The maximum Gasteiger partial charge on any atom is 0.413 e. The quantitative estimate of drug-likeness (QED) is 0.832. The second kappa shape index (κ2) is 6.64. The molecule has 0 aliphatic carbocycles. The molecule has 0 heterocycles. The molecular formula is C13H17NO4. The molecule has 0 unspecified atom stereocenters. The van der Waals surface area contributed by atoms with Crippen molar-refractivity contribution in [3.05, 3.63) is 30.3 Å². The van der Waals surface area contributed by atoms with E-state index in [1.54, 1.807) is 38.1 Å². The average Bonchev–Trinajstić information content (AvgIpc) is 2.29. The molecule has 0 radical (unpaired) electrons. The van der Waals surface area contributed by atoms with Gasteiger partial charge in [-0.15, -0.1) is 0 Å². The lowest BCUT2D eigenvalue weighted by atomic mass is 10.3. The zero-order valence-corrected chi connectivity index (χ0v) is 10.7. The highest BCUT2D eigenvalue weighted by Crippen LogP contribution is 2.08. The zero-order chi connectivity index (χ0) is 13.5. The van der Waals surface area contributed by atoms with Crippen LogP contribution < -0.4 is 10.1 Å². The Morgan fingerprint density at radius 3 is 2.28 bits per heavy atom. The summed E-state index contributed by atoms with van der Waals surface area (Å²) >= 11 is 0. The maximum atomic E-state index is 11.5. The molecule has 0 spiro atoms. The van der Waals surface area contributed by atoms with Crippen molar-refractivity contribution in [2.24, 2.45) is 0 Å². The van der Waals surface area contributed by atoms with Crippen molar-refractivity contribution in [1.29, 1.82) is 0 Å². The normalized spacial score (nSPS) is 11.8. The number of carbonyl (C=O) groups excluding carboxylic acids is 2. The van der Waals surface area contributed by atoms with Crippen molar-refractivity contribution in [3.63, 3.8) is 0 Å². The maximum absolute atomic E-state index is 11.5. The minimum Gasteiger partial charge on any atom is -0.461 e. The first-order valence-corrected chi connectivity index (χ1v) is 5.73. The van der Waals surface area contributed by atoms with E-state index in [1.807, 2.05) is 6.07 Å². The van der Waals surface area contributed by atoms with Crippen LogP contribution in [0.1, 0.15) is 20.8 Å². The van der Waals surface area contributed by atoms with E-state index in [0.29, 0.717) is 5.75 Å². The molecule has 18 heavy (non-hydrogen) atoms. The van der Waals surface area contributed by atoms with E-state index in [-0.39, 0.29) is 6.10 Å². The van der Waals surface area contributed by atoms with Gasteiger partial charge in [-0.2, -0.15) is 0 Å². The molecule has 0 bridgehead atoms. The standard InChI is InChI=1S/C13H17NO4/c1-9(2)17-12(15)10(3)14-13(16)18-11-7-5-4-6-8-11/h4-10H,1-3H3,(H,14,16)/t10-/m0/s1. The second-order valence-corrected chi connectivity index (χ2v) is 4.05. The molecule has 0 fully saturated rings. The topological polar surface area (TPSA) is 64.6 Å². The van der Waals surface area contributed by atoms with Crippen molar-refractivity contribution < 1.29 is 19.1 Å². The third-order valence-electron chi connectivity index (χ3n) is 1.99. The molecule has 5 heteroatoms. The lowest BCUT2D eigenvalue weighted by Gasteiger charge is -2.15. The predicted octanol–water partition coefficient (Wildman–Crippen LogP) is 2.12. The smallest absolute Gasteiger partial charge is 0.413 e. The van der Waals surface area contributed by atoms with Gasteiger partial charge in [0.25, 0.3) is 0 Å². The summed E-state index contributed by atoms with van der Waals surface area (Å²) in [6.07, 6.45) is -0.902. The third-order valence-corrected chi connectivity index (χ3v) is 1.99. The molecule has 5 nitrogen and oxygen atoms in total. The summed E-state index contributed by atoms with van der Waals surface area (Å²) in [5, 5.41) is 2.40. The molecule has 0 aliphatic rings. The van der Waals surface area contributed by atoms with Crippen LogP contribution in [0.3, 0.4) is 0 Å². The van der Waals surface area contributed by atoms with E-state index in [4.69, 9.17) is 9.47 Å². The summed E-state index contributed by atoms with van der Waals surface area (Å²) in [5.74, 6) is -0.0746. The number of ether oxygens (including phenoxy) is 2. The molecule has 0 aromatic heterocycles. The Labute approximate surface area is 106 Å². The van der Waals surface area contributed by atoms with Gasteiger partial charge in [-0.25, -0.2) is 9.59 Å². The fourth-order valence-corrected chi connectivity index (χ4v) is 1.20. The summed E-state index contributed by atoms with van der Waals surface area (Å²) < 4.78 is 9.94. The first kappa shape index (κ1) is 14.0. The van der Waals surface area contributed by atoms with Crippen molar-refractivity contribution in [2.45, 2.75) is 32.9 Å². The summed E-state index contributed by atoms with van der Waals surface area (Å²) in [4.78, 5) is 22.9. The number of nitrogens with one attached hydrogen (secondary N) is 1. The molecule has 1 aromatic rings. The summed E-state index contributed by atoms with van der Waals surface area (Å²) in [6, 6.07) is 7.86. The molecule has 1 N–H and O–H groups in total. The van der Waals surface area contributed by atoms with Gasteiger partial charge in [0.15, 0.2) is 0 Å². The first-order valence-electron chi connectivity index (χ1n) is 5.73. The molecule has 98 valence electrons. The Morgan fingerprint density at radius 2 is 1.72 bits per heavy atom. The number of benzene rings is 1. The van der Waals surface area contributed by atoms with Crippen LogP contribution in [0, 0.1) is 0 Å². The number of hydrogen-bond acceptors (Lipinski definition) is 4. The zero-order valence-electron chi connectivity index (χ0n) is 10.7. The second-order valence-electron chi connectivity index (χ2n) is 4.05. The van der Waals surface area contributed by atoms with Crippen molar-refractivity contribution >= 4 is 12.1 Å². The van der Waals surface area contributed by atoms with Crippen LogP contribution in [0.2, 0.25) is 0 Å². The molecule has 1 rings (SSSR count). The number of amides is 1. The minimum atomic E-state index is -0.747. The summed E-state index contributed by atoms with van der Waals surface area (Å²) in [7, 11) is 0. The van der Waals surface area contributed by atoms with Crippen LogP contribution in [0.4, 0.5) is 4.79 Å².